The summed E-state index contributed by atoms with van der Waals surface area (Å²) in [4.78, 5) is 14.7. The van der Waals surface area contributed by atoms with E-state index in [0.29, 0.717) is 12.4 Å². The number of amides is 1. The Balaban J connectivity index is 2.68. The summed E-state index contributed by atoms with van der Waals surface area (Å²) in [6, 6.07) is 0. The van der Waals surface area contributed by atoms with Gasteiger partial charge in [-0.3, -0.25) is 4.79 Å². The molecule has 1 heterocycles. The summed E-state index contributed by atoms with van der Waals surface area (Å²) in [6.45, 7) is 2.08. The third kappa shape index (κ3) is 2.29. The van der Waals surface area contributed by atoms with Crippen molar-refractivity contribution in [2.45, 2.75) is 20.1 Å². The number of carbonyl (C=O) groups excluding carboxylic acids is 1. The minimum atomic E-state index is -0.349. The van der Waals surface area contributed by atoms with E-state index >= 15 is 0 Å². The van der Waals surface area contributed by atoms with Crippen LogP contribution >= 0.6 is 0 Å². The van der Waals surface area contributed by atoms with E-state index in [1.807, 2.05) is 0 Å². The molecule has 0 saturated carbocycles. The van der Waals surface area contributed by atoms with Gasteiger partial charge in [-0.05, 0) is 0 Å². The third-order valence-corrected chi connectivity index (χ3v) is 1.90. The summed E-state index contributed by atoms with van der Waals surface area (Å²) in [5.74, 6) is -0.0508. The van der Waals surface area contributed by atoms with Crippen LogP contribution in [0, 0.1) is 5.92 Å². The second kappa shape index (κ2) is 4.04. The summed E-state index contributed by atoms with van der Waals surface area (Å²) in [6.07, 6.45) is 3.30. The molecule has 72 valence electrons. The molecule has 0 radical (unpaired) electrons. The van der Waals surface area contributed by atoms with Crippen LogP contribution in [0.1, 0.15) is 12.7 Å². The smallest absolute Gasteiger partial charge is 0.222 e. The number of aliphatic hydroxyl groups excluding tert-OH is 1. The van der Waals surface area contributed by atoms with Crippen LogP contribution in [0.2, 0.25) is 0 Å². The number of aliphatic hydroxyl groups is 1. The van der Waals surface area contributed by atoms with E-state index in [0.717, 1.165) is 0 Å². The molecule has 0 aromatic carbocycles. The van der Waals surface area contributed by atoms with Crippen LogP contribution < -0.4 is 5.73 Å². The van der Waals surface area contributed by atoms with Crippen molar-refractivity contribution in [3.05, 3.63) is 18.2 Å². The number of rotatable bonds is 4. The third-order valence-electron chi connectivity index (χ3n) is 1.90. The van der Waals surface area contributed by atoms with Crippen LogP contribution in [0.5, 0.6) is 0 Å². The maximum atomic E-state index is 10.8. The van der Waals surface area contributed by atoms with Gasteiger partial charge in [-0.15, -0.1) is 0 Å². The fraction of sp³-hybridized carbons (Fsp3) is 0.500. The first kappa shape index (κ1) is 9.73. The number of hydrogen-bond acceptors (Lipinski definition) is 3. The standard InChI is InChI=1S/C8H13N3O2/c1-6(8(9)13)4-11-3-2-10-7(11)5-12/h2-3,6,12H,4-5H2,1H3,(H2,9,13). The molecular weight excluding hydrogens is 170 g/mol. The summed E-state index contributed by atoms with van der Waals surface area (Å²) < 4.78 is 1.72. The number of primary amides is 1. The van der Waals surface area contributed by atoms with Gasteiger partial charge in [0.05, 0.1) is 5.92 Å². The predicted octanol–water partition coefficient (Wildman–Crippen LogP) is -0.503. The van der Waals surface area contributed by atoms with Gasteiger partial charge in [-0.1, -0.05) is 6.92 Å². The molecule has 0 fully saturated rings. The lowest BCUT2D eigenvalue weighted by Crippen LogP contribution is -2.25. The molecular formula is C8H13N3O2. The second-order valence-corrected chi connectivity index (χ2v) is 2.96. The van der Waals surface area contributed by atoms with Crippen molar-refractivity contribution >= 4 is 5.91 Å². The van der Waals surface area contributed by atoms with Gasteiger partial charge in [0, 0.05) is 18.9 Å². The van der Waals surface area contributed by atoms with E-state index in [1.165, 1.54) is 0 Å². The summed E-state index contributed by atoms with van der Waals surface area (Å²) in [5, 5.41) is 8.86. The van der Waals surface area contributed by atoms with E-state index < -0.39 is 0 Å². The van der Waals surface area contributed by atoms with E-state index in [4.69, 9.17) is 10.8 Å². The molecule has 13 heavy (non-hydrogen) atoms. The number of nitrogens with zero attached hydrogens (tertiary/aromatic N) is 2. The Kier molecular flexibility index (Phi) is 3.02. The van der Waals surface area contributed by atoms with Gasteiger partial charge in [0.2, 0.25) is 5.91 Å². The first-order chi connectivity index (χ1) is 6.15. The van der Waals surface area contributed by atoms with Crippen LogP contribution in [0.25, 0.3) is 0 Å². The zero-order valence-corrected chi connectivity index (χ0v) is 7.47. The molecule has 0 aliphatic heterocycles. The average Bonchev–Trinajstić information content (AvgIpc) is 2.51. The molecule has 0 saturated heterocycles. The highest BCUT2D eigenvalue weighted by Crippen LogP contribution is 2.03. The van der Waals surface area contributed by atoms with Crippen molar-refractivity contribution in [1.82, 2.24) is 9.55 Å². The fourth-order valence-electron chi connectivity index (χ4n) is 1.04. The fourth-order valence-corrected chi connectivity index (χ4v) is 1.04. The van der Waals surface area contributed by atoms with E-state index in [9.17, 15) is 4.79 Å². The molecule has 3 N–H and O–H groups in total. The van der Waals surface area contributed by atoms with Crippen molar-refractivity contribution in [3.8, 4) is 0 Å². The topological polar surface area (TPSA) is 81.1 Å². The molecule has 1 rings (SSSR count). The Morgan fingerprint density at radius 1 is 1.85 bits per heavy atom. The largest absolute Gasteiger partial charge is 0.388 e. The Hall–Kier alpha value is -1.36. The van der Waals surface area contributed by atoms with Crippen molar-refractivity contribution < 1.29 is 9.90 Å². The quantitative estimate of drug-likeness (QED) is 0.660. The van der Waals surface area contributed by atoms with Crippen LogP contribution in [-0.2, 0) is 17.9 Å². The molecule has 5 nitrogen and oxygen atoms in total. The van der Waals surface area contributed by atoms with Gasteiger partial charge in [-0.25, -0.2) is 4.98 Å². The zero-order chi connectivity index (χ0) is 9.84. The summed E-state index contributed by atoms with van der Waals surface area (Å²) in [5.41, 5.74) is 5.11. The van der Waals surface area contributed by atoms with Crippen LogP contribution in [-0.4, -0.2) is 20.6 Å². The molecule has 0 aliphatic rings. The Bertz CT molecular complexity index is 295. The van der Waals surface area contributed by atoms with Gasteiger partial charge in [0.15, 0.2) is 0 Å². The molecule has 1 aromatic heterocycles. The first-order valence-electron chi connectivity index (χ1n) is 4.05. The second-order valence-electron chi connectivity index (χ2n) is 2.96. The SMILES string of the molecule is CC(Cn1ccnc1CO)C(N)=O. The zero-order valence-electron chi connectivity index (χ0n) is 7.47. The highest BCUT2D eigenvalue weighted by molar-refractivity contribution is 5.76. The molecule has 0 bridgehead atoms. The van der Waals surface area contributed by atoms with Crippen molar-refractivity contribution in [3.63, 3.8) is 0 Å². The Labute approximate surface area is 76.2 Å². The Morgan fingerprint density at radius 3 is 3.08 bits per heavy atom. The summed E-state index contributed by atoms with van der Waals surface area (Å²) >= 11 is 0. The lowest BCUT2D eigenvalue weighted by molar-refractivity contribution is -0.121. The van der Waals surface area contributed by atoms with Crippen molar-refractivity contribution in [2.75, 3.05) is 0 Å². The number of aromatic nitrogens is 2. The summed E-state index contributed by atoms with van der Waals surface area (Å²) in [7, 11) is 0. The molecule has 1 amide bonds. The monoisotopic (exact) mass is 183 g/mol. The maximum absolute atomic E-state index is 10.8. The molecule has 5 heteroatoms. The van der Waals surface area contributed by atoms with Gasteiger partial charge in [-0.2, -0.15) is 0 Å². The lowest BCUT2D eigenvalue weighted by atomic mass is 10.2. The average molecular weight is 183 g/mol. The van der Waals surface area contributed by atoms with Crippen LogP contribution in [0.3, 0.4) is 0 Å². The normalized spacial score (nSPS) is 12.8. The number of nitrogens with two attached hydrogens (primary N) is 1. The highest BCUT2D eigenvalue weighted by Gasteiger charge is 2.11. The van der Waals surface area contributed by atoms with E-state index in [-0.39, 0.29) is 18.4 Å². The number of imidazole rings is 1. The molecule has 0 spiro atoms. The molecule has 0 aliphatic carbocycles. The minimum Gasteiger partial charge on any atom is -0.388 e. The lowest BCUT2D eigenvalue weighted by Gasteiger charge is -2.09. The van der Waals surface area contributed by atoms with Gasteiger partial charge < -0.3 is 15.4 Å². The van der Waals surface area contributed by atoms with E-state index in [1.54, 1.807) is 23.9 Å². The highest BCUT2D eigenvalue weighted by atomic mass is 16.3. The molecule has 1 atom stereocenters. The number of carbonyl (C=O) groups is 1. The first-order valence-corrected chi connectivity index (χ1v) is 4.05. The minimum absolute atomic E-state index is 0.127. The van der Waals surface area contributed by atoms with Crippen LogP contribution in [0.4, 0.5) is 0 Å². The van der Waals surface area contributed by atoms with Gasteiger partial charge >= 0.3 is 0 Å². The van der Waals surface area contributed by atoms with Gasteiger partial charge in [0.1, 0.15) is 12.4 Å². The van der Waals surface area contributed by atoms with Crippen molar-refractivity contribution in [1.29, 1.82) is 0 Å². The van der Waals surface area contributed by atoms with Crippen molar-refractivity contribution in [2.24, 2.45) is 11.7 Å². The molecule has 1 unspecified atom stereocenters. The Morgan fingerprint density at radius 2 is 2.54 bits per heavy atom. The maximum Gasteiger partial charge on any atom is 0.222 e. The number of hydrogen-bond donors (Lipinski definition) is 2. The molecule has 1 aromatic rings. The van der Waals surface area contributed by atoms with E-state index in [2.05, 4.69) is 4.98 Å². The van der Waals surface area contributed by atoms with Crippen LogP contribution in [0.15, 0.2) is 12.4 Å². The predicted molar refractivity (Wildman–Crippen MR) is 46.5 cm³/mol. The van der Waals surface area contributed by atoms with Gasteiger partial charge in [0.25, 0.3) is 0 Å².